The van der Waals surface area contributed by atoms with Crippen molar-refractivity contribution in [3.63, 3.8) is 0 Å². The van der Waals surface area contributed by atoms with E-state index in [1.807, 2.05) is 0 Å². The second-order valence-electron chi connectivity index (χ2n) is 3.50. The lowest BCUT2D eigenvalue weighted by molar-refractivity contribution is 0.599. The summed E-state index contributed by atoms with van der Waals surface area (Å²) in [6.07, 6.45) is 3.99. The molecule has 0 aliphatic carbocycles. The number of nitrogens with two attached hydrogens (primary N) is 1. The number of halogens is 2. The van der Waals surface area contributed by atoms with Crippen LogP contribution in [0, 0.1) is 5.82 Å². The van der Waals surface area contributed by atoms with E-state index in [4.69, 9.17) is 5.73 Å². The second kappa shape index (κ2) is 5.10. The van der Waals surface area contributed by atoms with Crippen molar-refractivity contribution < 1.29 is 12.8 Å². The standard InChI is InChI=1S/C10H8BrFN4O2S/c11-6-3-7(12)8(13)4-9(6)19(17,18)16-10-5-14-1-2-15-10/h1-5H,13H2,(H,15,16). The fraction of sp³-hybridized carbons (Fsp3) is 0. The Hall–Kier alpha value is -1.74. The van der Waals surface area contributed by atoms with Crippen LogP contribution in [-0.4, -0.2) is 18.4 Å². The molecule has 1 heterocycles. The lowest BCUT2D eigenvalue weighted by atomic mass is 10.3. The van der Waals surface area contributed by atoms with Gasteiger partial charge in [0.1, 0.15) is 10.7 Å². The van der Waals surface area contributed by atoms with E-state index in [1.165, 1.54) is 18.6 Å². The minimum absolute atomic E-state index is 0.0531. The summed E-state index contributed by atoms with van der Waals surface area (Å²) in [5, 5.41) is 0. The van der Waals surface area contributed by atoms with Crippen LogP contribution in [0.1, 0.15) is 0 Å². The number of nitrogen functional groups attached to an aromatic ring is 1. The van der Waals surface area contributed by atoms with Crippen molar-refractivity contribution in [1.29, 1.82) is 0 Å². The maximum Gasteiger partial charge on any atom is 0.264 e. The molecule has 2 aromatic rings. The Morgan fingerprint density at radius 2 is 2.05 bits per heavy atom. The number of rotatable bonds is 3. The summed E-state index contributed by atoms with van der Waals surface area (Å²) >= 11 is 2.98. The van der Waals surface area contributed by atoms with Crippen molar-refractivity contribution in [2.75, 3.05) is 10.5 Å². The first-order chi connectivity index (χ1) is 8.90. The number of aromatic nitrogens is 2. The Morgan fingerprint density at radius 3 is 2.68 bits per heavy atom. The molecular weight excluding hydrogens is 339 g/mol. The maximum absolute atomic E-state index is 13.2. The second-order valence-corrected chi connectivity index (χ2v) is 6.01. The van der Waals surface area contributed by atoms with Gasteiger partial charge in [-0.1, -0.05) is 0 Å². The smallest absolute Gasteiger partial charge is 0.264 e. The fourth-order valence-electron chi connectivity index (χ4n) is 1.30. The summed E-state index contributed by atoms with van der Waals surface area (Å²) in [7, 11) is -3.93. The van der Waals surface area contributed by atoms with Crippen molar-refractivity contribution in [2.24, 2.45) is 0 Å². The summed E-state index contributed by atoms with van der Waals surface area (Å²) in [6, 6.07) is 2.01. The first-order valence-corrected chi connectivity index (χ1v) is 7.21. The van der Waals surface area contributed by atoms with Gasteiger partial charge in [0.2, 0.25) is 0 Å². The molecule has 1 aromatic carbocycles. The molecule has 6 nitrogen and oxygen atoms in total. The summed E-state index contributed by atoms with van der Waals surface area (Å²) < 4.78 is 39.7. The van der Waals surface area contributed by atoms with Crippen LogP contribution < -0.4 is 10.5 Å². The van der Waals surface area contributed by atoms with E-state index in [9.17, 15) is 12.8 Å². The fourth-order valence-corrected chi connectivity index (χ4v) is 3.34. The molecule has 3 N–H and O–H groups in total. The maximum atomic E-state index is 13.2. The van der Waals surface area contributed by atoms with Crippen LogP contribution in [0.15, 0.2) is 40.1 Å². The van der Waals surface area contributed by atoms with Crippen LogP contribution in [0.2, 0.25) is 0 Å². The van der Waals surface area contributed by atoms with E-state index in [-0.39, 0.29) is 20.9 Å². The van der Waals surface area contributed by atoms with E-state index in [0.717, 1.165) is 12.1 Å². The monoisotopic (exact) mass is 346 g/mol. The van der Waals surface area contributed by atoms with Crippen LogP contribution in [-0.2, 0) is 10.0 Å². The number of hydrogen-bond acceptors (Lipinski definition) is 5. The zero-order valence-electron chi connectivity index (χ0n) is 9.34. The van der Waals surface area contributed by atoms with Crippen LogP contribution >= 0.6 is 15.9 Å². The molecule has 0 aliphatic rings. The molecule has 2 rings (SSSR count). The van der Waals surface area contributed by atoms with Gasteiger partial charge in [0.15, 0.2) is 5.82 Å². The number of benzene rings is 1. The molecule has 0 radical (unpaired) electrons. The molecule has 0 atom stereocenters. The highest BCUT2D eigenvalue weighted by atomic mass is 79.9. The van der Waals surface area contributed by atoms with Crippen LogP contribution in [0.5, 0.6) is 0 Å². The molecular formula is C10H8BrFN4O2S. The topological polar surface area (TPSA) is 98.0 Å². The first-order valence-electron chi connectivity index (χ1n) is 4.93. The quantitative estimate of drug-likeness (QED) is 0.825. The zero-order chi connectivity index (χ0) is 14.0. The van der Waals surface area contributed by atoms with Crippen molar-refractivity contribution in [3.8, 4) is 0 Å². The predicted octanol–water partition coefficient (Wildman–Crippen LogP) is 1.76. The third kappa shape index (κ3) is 2.99. The highest BCUT2D eigenvalue weighted by Gasteiger charge is 2.20. The molecule has 0 aliphatic heterocycles. The van der Waals surface area contributed by atoms with E-state index >= 15 is 0 Å². The van der Waals surface area contributed by atoms with Gasteiger partial charge in [-0.05, 0) is 28.1 Å². The van der Waals surface area contributed by atoms with E-state index in [2.05, 4.69) is 30.6 Å². The van der Waals surface area contributed by atoms with Crippen molar-refractivity contribution in [3.05, 3.63) is 41.0 Å². The summed E-state index contributed by atoms with van der Waals surface area (Å²) in [5.41, 5.74) is 5.10. The van der Waals surface area contributed by atoms with E-state index in [0.29, 0.717) is 0 Å². The average Bonchev–Trinajstić information content (AvgIpc) is 2.34. The molecule has 0 unspecified atom stereocenters. The number of nitrogens with zero attached hydrogens (tertiary/aromatic N) is 2. The third-order valence-corrected chi connectivity index (χ3v) is 4.46. The summed E-state index contributed by atoms with van der Waals surface area (Å²) in [6.45, 7) is 0. The third-order valence-electron chi connectivity index (χ3n) is 2.14. The van der Waals surface area contributed by atoms with Crippen molar-refractivity contribution >= 4 is 37.5 Å². The lowest BCUT2D eigenvalue weighted by Crippen LogP contribution is -2.15. The van der Waals surface area contributed by atoms with Gasteiger partial charge >= 0.3 is 0 Å². The zero-order valence-corrected chi connectivity index (χ0v) is 11.7. The van der Waals surface area contributed by atoms with Gasteiger partial charge in [-0.2, -0.15) is 0 Å². The molecule has 0 saturated heterocycles. The van der Waals surface area contributed by atoms with Crippen molar-refractivity contribution in [2.45, 2.75) is 4.90 Å². The predicted molar refractivity (Wildman–Crippen MR) is 71.4 cm³/mol. The highest BCUT2D eigenvalue weighted by molar-refractivity contribution is 9.10. The van der Waals surface area contributed by atoms with E-state index < -0.39 is 15.8 Å². The molecule has 9 heteroatoms. The van der Waals surface area contributed by atoms with Crippen LogP contribution in [0.3, 0.4) is 0 Å². The van der Waals surface area contributed by atoms with Gasteiger partial charge < -0.3 is 5.73 Å². The van der Waals surface area contributed by atoms with Crippen LogP contribution in [0.4, 0.5) is 15.9 Å². The van der Waals surface area contributed by atoms with Gasteiger partial charge in [-0.25, -0.2) is 17.8 Å². The molecule has 0 saturated carbocycles. The highest BCUT2D eigenvalue weighted by Crippen LogP contribution is 2.27. The molecule has 100 valence electrons. The Morgan fingerprint density at radius 1 is 1.32 bits per heavy atom. The summed E-state index contributed by atoms with van der Waals surface area (Å²) in [4.78, 5) is 7.33. The first kappa shape index (κ1) is 13.7. The van der Waals surface area contributed by atoms with Gasteiger partial charge in [0, 0.05) is 16.9 Å². The molecule has 19 heavy (non-hydrogen) atoms. The number of sulfonamides is 1. The molecule has 1 aromatic heterocycles. The molecule has 0 bridgehead atoms. The number of hydrogen-bond donors (Lipinski definition) is 2. The van der Waals surface area contributed by atoms with Gasteiger partial charge in [0.25, 0.3) is 10.0 Å². The SMILES string of the molecule is Nc1cc(S(=O)(=O)Nc2cnccn2)c(Br)cc1F. The van der Waals surface area contributed by atoms with E-state index in [1.54, 1.807) is 0 Å². The number of nitrogens with one attached hydrogen (secondary N) is 1. The Bertz CT molecular complexity index is 709. The Kier molecular flexibility index (Phi) is 3.67. The van der Waals surface area contributed by atoms with Crippen molar-refractivity contribution in [1.82, 2.24) is 9.97 Å². The molecule has 0 fully saturated rings. The minimum Gasteiger partial charge on any atom is -0.396 e. The van der Waals surface area contributed by atoms with Gasteiger partial charge in [0.05, 0.1) is 11.9 Å². The van der Waals surface area contributed by atoms with Gasteiger partial charge in [-0.15, -0.1) is 0 Å². The Balaban J connectivity index is 2.43. The normalized spacial score (nSPS) is 11.3. The van der Waals surface area contributed by atoms with Crippen LogP contribution in [0.25, 0.3) is 0 Å². The number of anilines is 2. The lowest BCUT2D eigenvalue weighted by Gasteiger charge is -2.09. The Labute approximate surface area is 117 Å². The minimum atomic E-state index is -3.93. The summed E-state index contributed by atoms with van der Waals surface area (Å²) in [5.74, 6) is -0.650. The molecule has 0 spiro atoms. The average molecular weight is 347 g/mol. The van der Waals surface area contributed by atoms with Gasteiger partial charge in [-0.3, -0.25) is 9.71 Å². The molecule has 0 amide bonds. The largest absolute Gasteiger partial charge is 0.396 e.